The topological polar surface area (TPSA) is 33.5 Å². The Bertz CT molecular complexity index is 787. The maximum atomic E-state index is 5.55. The van der Waals surface area contributed by atoms with Crippen LogP contribution >= 0.6 is 12.1 Å². The summed E-state index contributed by atoms with van der Waals surface area (Å²) in [6, 6.07) is 6.75. The molecule has 2 saturated heterocycles. The van der Waals surface area contributed by atoms with Gasteiger partial charge in [-0.25, -0.2) is 9.29 Å². The first-order chi connectivity index (χ1) is 12.9. The summed E-state index contributed by atoms with van der Waals surface area (Å²) >= 11 is 1.81. The van der Waals surface area contributed by atoms with Gasteiger partial charge in [0.15, 0.2) is 0 Å². The first-order valence-electron chi connectivity index (χ1n) is 10.2. The number of anilines is 1. The van der Waals surface area contributed by atoms with E-state index in [1.54, 1.807) is 0 Å². The van der Waals surface area contributed by atoms with Gasteiger partial charge in [0.05, 0.1) is 16.7 Å². The monoisotopic (exact) mass is 388 g/mol. The standard InChI is InChI=1S/C21H32N4OS/c1-21(2,3)20-22-18-14-17(23(4)27-24-10-5-11-24)6-7-19(18)25(20)15-16-8-12-26-13-9-16/h6-7,14,16H,5,8-13,15H2,1-4H3. The quantitative estimate of drug-likeness (QED) is 0.706. The second-order valence-electron chi connectivity index (χ2n) is 8.89. The second-order valence-corrected chi connectivity index (χ2v) is 10.1. The summed E-state index contributed by atoms with van der Waals surface area (Å²) in [4.78, 5) is 5.09. The van der Waals surface area contributed by atoms with Crippen molar-refractivity contribution in [3.8, 4) is 0 Å². The maximum Gasteiger partial charge on any atom is 0.115 e. The molecule has 0 radical (unpaired) electrons. The van der Waals surface area contributed by atoms with Crippen LogP contribution in [0, 0.1) is 5.92 Å². The molecule has 2 aliphatic heterocycles. The molecule has 2 aromatic rings. The molecule has 1 aromatic heterocycles. The van der Waals surface area contributed by atoms with Gasteiger partial charge < -0.3 is 13.6 Å². The number of benzene rings is 1. The highest BCUT2D eigenvalue weighted by atomic mass is 32.2. The summed E-state index contributed by atoms with van der Waals surface area (Å²) in [6.45, 7) is 12.0. The predicted molar refractivity (Wildman–Crippen MR) is 114 cm³/mol. The summed E-state index contributed by atoms with van der Waals surface area (Å²) < 4.78 is 12.7. The SMILES string of the molecule is CN(SN1CCC1)c1ccc2c(c1)nc(C(C)(C)C)n2CC1CCOCC1. The van der Waals surface area contributed by atoms with Crippen LogP contribution in [0.25, 0.3) is 11.0 Å². The fraction of sp³-hybridized carbons (Fsp3) is 0.667. The van der Waals surface area contributed by atoms with E-state index in [2.05, 4.69) is 59.2 Å². The Morgan fingerprint density at radius 2 is 1.96 bits per heavy atom. The first-order valence-corrected chi connectivity index (χ1v) is 10.9. The van der Waals surface area contributed by atoms with Gasteiger partial charge in [0.2, 0.25) is 0 Å². The number of imidazole rings is 1. The van der Waals surface area contributed by atoms with Crippen LogP contribution in [0.1, 0.15) is 45.9 Å². The van der Waals surface area contributed by atoms with E-state index in [4.69, 9.17) is 9.72 Å². The Balaban J connectivity index is 1.65. The van der Waals surface area contributed by atoms with Gasteiger partial charge in [-0.15, -0.1) is 0 Å². The lowest BCUT2D eigenvalue weighted by Gasteiger charge is -2.33. The number of hydrogen-bond acceptors (Lipinski definition) is 5. The fourth-order valence-corrected chi connectivity index (χ4v) is 4.82. The number of ether oxygens (including phenoxy) is 1. The molecule has 3 heterocycles. The molecule has 4 rings (SSSR count). The van der Waals surface area contributed by atoms with Crippen molar-refractivity contribution in [2.75, 3.05) is 37.7 Å². The van der Waals surface area contributed by atoms with Crippen molar-refractivity contribution in [1.82, 2.24) is 13.9 Å². The Kier molecular flexibility index (Phi) is 5.41. The smallest absolute Gasteiger partial charge is 0.115 e. The molecule has 6 heteroatoms. The molecule has 0 N–H and O–H groups in total. The Morgan fingerprint density at radius 1 is 1.22 bits per heavy atom. The van der Waals surface area contributed by atoms with Gasteiger partial charge in [-0.05, 0) is 43.4 Å². The predicted octanol–water partition coefficient (Wildman–Crippen LogP) is 4.47. The molecule has 0 saturated carbocycles. The molecule has 1 aromatic carbocycles. The average molecular weight is 389 g/mol. The third-order valence-corrected chi connectivity index (χ3v) is 6.65. The molecule has 0 spiro atoms. The number of rotatable bonds is 5. The molecule has 27 heavy (non-hydrogen) atoms. The first kappa shape index (κ1) is 19.1. The zero-order valence-corrected chi connectivity index (χ0v) is 17.9. The van der Waals surface area contributed by atoms with Gasteiger partial charge in [-0.1, -0.05) is 20.8 Å². The number of hydrogen-bond donors (Lipinski definition) is 0. The maximum absolute atomic E-state index is 5.55. The van der Waals surface area contributed by atoms with Crippen LogP contribution in [0.2, 0.25) is 0 Å². The van der Waals surface area contributed by atoms with Crippen LogP contribution in [0.15, 0.2) is 18.2 Å². The summed E-state index contributed by atoms with van der Waals surface area (Å²) in [7, 11) is 2.15. The minimum atomic E-state index is 0.0304. The van der Waals surface area contributed by atoms with Crippen LogP contribution in [-0.2, 0) is 16.7 Å². The van der Waals surface area contributed by atoms with E-state index in [0.717, 1.165) is 38.1 Å². The zero-order chi connectivity index (χ0) is 19.0. The molecule has 0 amide bonds. The van der Waals surface area contributed by atoms with Gasteiger partial charge in [-0.2, -0.15) is 0 Å². The van der Waals surface area contributed by atoms with E-state index in [9.17, 15) is 0 Å². The van der Waals surface area contributed by atoms with Gasteiger partial charge in [-0.3, -0.25) is 0 Å². The average Bonchev–Trinajstić information content (AvgIpc) is 2.97. The summed E-state index contributed by atoms with van der Waals surface area (Å²) in [6.07, 6.45) is 3.61. The highest BCUT2D eigenvalue weighted by Gasteiger charge is 2.26. The Labute approximate surface area is 167 Å². The Hall–Kier alpha value is -1.24. The van der Waals surface area contributed by atoms with Crippen LogP contribution in [0.3, 0.4) is 0 Å². The second kappa shape index (κ2) is 7.64. The molecule has 0 aliphatic carbocycles. The number of nitrogens with zero attached hydrogens (tertiary/aromatic N) is 4. The number of aromatic nitrogens is 2. The molecule has 0 atom stereocenters. The van der Waals surface area contributed by atoms with Crippen molar-refractivity contribution in [2.45, 2.75) is 52.0 Å². The summed E-state index contributed by atoms with van der Waals surface area (Å²) in [5.41, 5.74) is 3.62. The highest BCUT2D eigenvalue weighted by Crippen LogP contribution is 2.33. The largest absolute Gasteiger partial charge is 0.381 e. The van der Waals surface area contributed by atoms with Crippen LogP contribution in [-0.4, -0.2) is 47.2 Å². The van der Waals surface area contributed by atoms with E-state index in [0.29, 0.717) is 5.92 Å². The minimum absolute atomic E-state index is 0.0304. The lowest BCUT2D eigenvalue weighted by atomic mass is 9.94. The van der Waals surface area contributed by atoms with Crippen molar-refractivity contribution in [3.05, 3.63) is 24.0 Å². The fourth-order valence-electron chi connectivity index (χ4n) is 3.85. The van der Waals surface area contributed by atoms with E-state index in [1.807, 2.05) is 12.1 Å². The summed E-state index contributed by atoms with van der Waals surface area (Å²) in [5, 5.41) is 0. The molecule has 5 nitrogen and oxygen atoms in total. The number of fused-ring (bicyclic) bond motifs is 1. The minimum Gasteiger partial charge on any atom is -0.381 e. The third kappa shape index (κ3) is 4.13. The van der Waals surface area contributed by atoms with Gasteiger partial charge in [0.25, 0.3) is 0 Å². The highest BCUT2D eigenvalue weighted by molar-refractivity contribution is 7.98. The molecule has 0 unspecified atom stereocenters. The van der Waals surface area contributed by atoms with Crippen LogP contribution in [0.5, 0.6) is 0 Å². The van der Waals surface area contributed by atoms with Crippen LogP contribution < -0.4 is 4.31 Å². The van der Waals surface area contributed by atoms with Crippen molar-refractivity contribution >= 4 is 28.9 Å². The molecule has 2 fully saturated rings. The van der Waals surface area contributed by atoms with Crippen molar-refractivity contribution in [3.63, 3.8) is 0 Å². The molecule has 148 valence electrons. The lowest BCUT2D eigenvalue weighted by molar-refractivity contribution is 0.0611. The normalized spacial score (nSPS) is 19.4. The van der Waals surface area contributed by atoms with Crippen molar-refractivity contribution in [1.29, 1.82) is 0 Å². The molecular weight excluding hydrogens is 356 g/mol. The van der Waals surface area contributed by atoms with E-state index < -0.39 is 0 Å². The van der Waals surface area contributed by atoms with E-state index in [-0.39, 0.29) is 5.41 Å². The Morgan fingerprint density at radius 3 is 2.59 bits per heavy atom. The third-order valence-electron chi connectivity index (χ3n) is 5.60. The van der Waals surface area contributed by atoms with Crippen molar-refractivity contribution in [2.24, 2.45) is 5.92 Å². The van der Waals surface area contributed by atoms with Crippen LogP contribution in [0.4, 0.5) is 5.69 Å². The zero-order valence-electron chi connectivity index (χ0n) is 17.1. The molecule has 0 bridgehead atoms. The summed E-state index contributed by atoms with van der Waals surface area (Å²) in [5.74, 6) is 1.88. The van der Waals surface area contributed by atoms with E-state index >= 15 is 0 Å². The van der Waals surface area contributed by atoms with Gasteiger partial charge in [0.1, 0.15) is 5.82 Å². The van der Waals surface area contributed by atoms with Gasteiger partial charge in [0, 0.05) is 57.4 Å². The van der Waals surface area contributed by atoms with E-state index in [1.165, 1.54) is 36.5 Å². The van der Waals surface area contributed by atoms with Crippen molar-refractivity contribution < 1.29 is 4.74 Å². The molecule has 2 aliphatic rings. The molecular formula is C21H32N4OS. The van der Waals surface area contributed by atoms with Gasteiger partial charge >= 0.3 is 0 Å². The lowest BCUT2D eigenvalue weighted by Crippen LogP contribution is -2.34.